The Bertz CT molecular complexity index is 677. The fraction of sp³-hybridized carbons (Fsp3) is 0.789. The minimum absolute atomic E-state index is 0.0882. The number of nitrogens with zero attached hydrogens (tertiary/aromatic N) is 3. The molecule has 1 aliphatic carbocycles. The molecule has 1 saturated heterocycles. The summed E-state index contributed by atoms with van der Waals surface area (Å²) >= 11 is 0. The number of hydrogen-bond donors (Lipinski definition) is 1. The number of piperidine rings is 1. The second-order valence-electron chi connectivity index (χ2n) is 8.69. The molecule has 0 radical (unpaired) electrons. The molecule has 1 aromatic heterocycles. The van der Waals surface area contributed by atoms with Crippen LogP contribution in [0, 0.1) is 5.92 Å². The first kappa shape index (κ1) is 19.6. The molecule has 1 N–H and O–H groups in total. The number of likely N-dealkylation sites (tertiary alicyclic amines) is 1. The van der Waals surface area contributed by atoms with Crippen LogP contribution in [0.25, 0.3) is 0 Å². The van der Waals surface area contributed by atoms with Crippen molar-refractivity contribution in [3.8, 4) is 0 Å². The predicted octanol–water partition coefficient (Wildman–Crippen LogP) is 2.64. The summed E-state index contributed by atoms with van der Waals surface area (Å²) in [5.74, 6) is 2.17. The highest BCUT2D eigenvalue weighted by Crippen LogP contribution is 2.38. The quantitative estimate of drug-likeness (QED) is 0.846. The molecule has 1 aliphatic heterocycles. The Labute approximate surface area is 160 Å². The van der Waals surface area contributed by atoms with Crippen molar-refractivity contribution < 1.29 is 18.8 Å². The number of carbonyl (C=O) groups is 2. The minimum atomic E-state index is -0.622. The Morgan fingerprint density at radius 3 is 2.74 bits per heavy atom. The maximum absolute atomic E-state index is 12.7. The first-order valence-corrected chi connectivity index (χ1v) is 9.82. The number of ether oxygens (including phenoxy) is 1. The average Bonchev–Trinajstić information content (AvgIpc) is 3.32. The molecule has 0 bridgehead atoms. The van der Waals surface area contributed by atoms with Crippen LogP contribution in [-0.4, -0.2) is 51.8 Å². The topological polar surface area (TPSA) is 97.6 Å². The smallest absolute Gasteiger partial charge is 0.408 e. The lowest BCUT2D eigenvalue weighted by molar-refractivity contribution is -0.134. The van der Waals surface area contributed by atoms with Crippen LogP contribution in [0.3, 0.4) is 0 Å². The van der Waals surface area contributed by atoms with E-state index in [0.29, 0.717) is 37.2 Å². The van der Waals surface area contributed by atoms with Crippen molar-refractivity contribution in [2.24, 2.45) is 5.92 Å². The molecular weight excluding hydrogens is 348 g/mol. The van der Waals surface area contributed by atoms with E-state index in [1.165, 1.54) is 0 Å². The lowest BCUT2D eigenvalue weighted by atomic mass is 9.94. The summed E-state index contributed by atoms with van der Waals surface area (Å²) in [4.78, 5) is 30.9. The lowest BCUT2D eigenvalue weighted by Gasteiger charge is -2.34. The van der Waals surface area contributed by atoms with Crippen molar-refractivity contribution in [1.29, 1.82) is 0 Å². The van der Waals surface area contributed by atoms with Gasteiger partial charge in [-0.05, 0) is 59.3 Å². The molecule has 2 aliphatic rings. The van der Waals surface area contributed by atoms with Gasteiger partial charge in [-0.2, -0.15) is 4.98 Å². The first-order valence-electron chi connectivity index (χ1n) is 9.82. The lowest BCUT2D eigenvalue weighted by Crippen LogP contribution is -2.51. The Hall–Kier alpha value is -2.12. The molecule has 27 heavy (non-hydrogen) atoms. The third kappa shape index (κ3) is 5.68. The van der Waals surface area contributed by atoms with Crippen LogP contribution < -0.4 is 5.32 Å². The van der Waals surface area contributed by atoms with Crippen LogP contribution in [0.1, 0.15) is 71.0 Å². The normalized spacial score (nSPS) is 21.6. The van der Waals surface area contributed by atoms with Crippen molar-refractivity contribution in [2.45, 2.75) is 77.4 Å². The molecule has 150 valence electrons. The van der Waals surface area contributed by atoms with E-state index < -0.39 is 17.7 Å². The highest BCUT2D eigenvalue weighted by Gasteiger charge is 2.31. The van der Waals surface area contributed by atoms with Gasteiger partial charge >= 0.3 is 6.09 Å². The molecule has 2 fully saturated rings. The molecule has 2 amide bonds. The van der Waals surface area contributed by atoms with Crippen LogP contribution in [-0.2, 0) is 16.0 Å². The SMILES string of the molecule is C[C@@H](NC(=O)OC(C)(C)C)C(=O)N1CCC[C@@H](Cc2nc(C3CC3)no2)C1. The van der Waals surface area contributed by atoms with Crippen LogP contribution >= 0.6 is 0 Å². The molecular formula is C19H30N4O4. The highest BCUT2D eigenvalue weighted by molar-refractivity contribution is 5.85. The first-order chi connectivity index (χ1) is 12.7. The second-order valence-corrected chi connectivity index (χ2v) is 8.69. The van der Waals surface area contributed by atoms with E-state index in [0.717, 1.165) is 31.5 Å². The van der Waals surface area contributed by atoms with E-state index in [1.807, 2.05) is 4.90 Å². The van der Waals surface area contributed by atoms with Crippen molar-refractivity contribution in [1.82, 2.24) is 20.4 Å². The number of amides is 2. The van der Waals surface area contributed by atoms with Gasteiger partial charge in [-0.25, -0.2) is 4.79 Å². The number of carbonyl (C=O) groups excluding carboxylic acids is 2. The number of nitrogens with one attached hydrogen (secondary N) is 1. The van der Waals surface area contributed by atoms with Crippen molar-refractivity contribution >= 4 is 12.0 Å². The Morgan fingerprint density at radius 2 is 2.07 bits per heavy atom. The van der Waals surface area contributed by atoms with Crippen molar-refractivity contribution in [2.75, 3.05) is 13.1 Å². The number of rotatable bonds is 5. The van der Waals surface area contributed by atoms with Gasteiger partial charge < -0.3 is 19.5 Å². The van der Waals surface area contributed by atoms with Crippen LogP contribution in [0.4, 0.5) is 4.79 Å². The molecule has 1 saturated carbocycles. The van der Waals surface area contributed by atoms with Gasteiger partial charge in [0.1, 0.15) is 11.6 Å². The highest BCUT2D eigenvalue weighted by atomic mass is 16.6. The molecule has 3 rings (SSSR count). The third-order valence-corrected chi connectivity index (χ3v) is 4.82. The van der Waals surface area contributed by atoms with Crippen LogP contribution in [0.15, 0.2) is 4.52 Å². The summed E-state index contributed by atoms with van der Waals surface area (Å²) in [7, 11) is 0. The van der Waals surface area contributed by atoms with Gasteiger partial charge in [-0.3, -0.25) is 4.79 Å². The van der Waals surface area contributed by atoms with Gasteiger partial charge in [0, 0.05) is 25.4 Å². The summed E-state index contributed by atoms with van der Waals surface area (Å²) in [6.07, 6.45) is 4.37. The molecule has 1 aromatic rings. The van der Waals surface area contributed by atoms with E-state index in [2.05, 4.69) is 15.5 Å². The van der Waals surface area contributed by atoms with E-state index in [-0.39, 0.29) is 5.91 Å². The Morgan fingerprint density at radius 1 is 1.33 bits per heavy atom. The Kier molecular flexibility index (Phi) is 5.72. The van der Waals surface area contributed by atoms with E-state index in [9.17, 15) is 9.59 Å². The Balaban J connectivity index is 1.50. The molecule has 0 unspecified atom stereocenters. The van der Waals surface area contributed by atoms with E-state index >= 15 is 0 Å². The third-order valence-electron chi connectivity index (χ3n) is 4.82. The second kappa shape index (κ2) is 7.86. The largest absolute Gasteiger partial charge is 0.444 e. The summed E-state index contributed by atoms with van der Waals surface area (Å²) in [6.45, 7) is 8.41. The summed E-state index contributed by atoms with van der Waals surface area (Å²) < 4.78 is 10.6. The van der Waals surface area contributed by atoms with E-state index in [4.69, 9.17) is 9.26 Å². The monoisotopic (exact) mass is 378 g/mol. The van der Waals surface area contributed by atoms with Crippen molar-refractivity contribution in [3.05, 3.63) is 11.7 Å². The molecule has 8 nitrogen and oxygen atoms in total. The summed E-state index contributed by atoms with van der Waals surface area (Å²) in [5, 5.41) is 6.69. The maximum atomic E-state index is 12.7. The molecule has 8 heteroatoms. The summed E-state index contributed by atoms with van der Waals surface area (Å²) in [5.41, 5.74) is -0.591. The van der Waals surface area contributed by atoms with Gasteiger partial charge in [0.25, 0.3) is 0 Å². The zero-order valence-electron chi connectivity index (χ0n) is 16.7. The molecule has 0 aromatic carbocycles. The van der Waals surface area contributed by atoms with Gasteiger partial charge in [0.15, 0.2) is 5.82 Å². The number of hydrogen-bond acceptors (Lipinski definition) is 6. The van der Waals surface area contributed by atoms with Gasteiger partial charge in [0.2, 0.25) is 11.8 Å². The number of aromatic nitrogens is 2. The fourth-order valence-corrected chi connectivity index (χ4v) is 3.36. The predicted molar refractivity (Wildman–Crippen MR) is 98.1 cm³/mol. The maximum Gasteiger partial charge on any atom is 0.408 e. The average molecular weight is 378 g/mol. The molecule has 2 heterocycles. The van der Waals surface area contributed by atoms with Gasteiger partial charge in [-0.1, -0.05) is 5.16 Å². The zero-order chi connectivity index (χ0) is 19.6. The van der Waals surface area contributed by atoms with Gasteiger partial charge in [-0.15, -0.1) is 0 Å². The fourth-order valence-electron chi connectivity index (χ4n) is 3.36. The van der Waals surface area contributed by atoms with Crippen LogP contribution in [0.5, 0.6) is 0 Å². The molecule has 0 spiro atoms. The van der Waals surface area contributed by atoms with Crippen LogP contribution in [0.2, 0.25) is 0 Å². The molecule has 2 atom stereocenters. The minimum Gasteiger partial charge on any atom is -0.444 e. The van der Waals surface area contributed by atoms with E-state index in [1.54, 1.807) is 27.7 Å². The number of alkyl carbamates (subject to hydrolysis) is 1. The zero-order valence-corrected chi connectivity index (χ0v) is 16.7. The van der Waals surface area contributed by atoms with Gasteiger partial charge in [0.05, 0.1) is 0 Å². The van der Waals surface area contributed by atoms with Crippen molar-refractivity contribution in [3.63, 3.8) is 0 Å². The summed E-state index contributed by atoms with van der Waals surface area (Å²) in [6, 6.07) is -0.622. The standard InChI is InChI=1S/C19H30N4O4/c1-12(20-18(25)26-19(2,3)4)17(24)23-9-5-6-13(11-23)10-15-21-16(22-27-15)14-7-8-14/h12-14H,5-11H2,1-4H3,(H,20,25)/t12-,13+/m1/s1.